The number of carbonyl (C=O) groups is 15. The highest BCUT2D eigenvalue weighted by molar-refractivity contribution is 5.97. The summed E-state index contributed by atoms with van der Waals surface area (Å²) in [6.45, 7) is 27.5. The van der Waals surface area contributed by atoms with Crippen LogP contribution in [0.25, 0.3) is 0 Å². The van der Waals surface area contributed by atoms with Gasteiger partial charge in [-0.05, 0) is 169 Å². The Labute approximate surface area is 591 Å². The minimum Gasteiger partial charge on any atom is -0.444 e. The van der Waals surface area contributed by atoms with Crippen molar-refractivity contribution in [2.75, 3.05) is 58.9 Å². The monoisotopic (exact) mass is 1440 g/mol. The molecule has 18 N–H and O–H groups in total. The summed E-state index contributed by atoms with van der Waals surface area (Å²) in [5.41, 5.74) is 1.60. The first-order valence-electron chi connectivity index (χ1n) is 33.6. The van der Waals surface area contributed by atoms with Crippen molar-refractivity contribution in [1.29, 1.82) is 0 Å². The fourth-order valence-electron chi connectivity index (χ4n) is 8.37. The lowest BCUT2D eigenvalue weighted by Gasteiger charge is -2.28. The van der Waals surface area contributed by atoms with Gasteiger partial charge in [0.25, 0.3) is 0 Å². The number of aliphatic hydroxyl groups is 1. The van der Waals surface area contributed by atoms with E-state index in [9.17, 15) is 77.0 Å². The summed E-state index contributed by atoms with van der Waals surface area (Å²) in [5, 5.41) is 47.3. The molecule has 37 nitrogen and oxygen atoms in total. The summed E-state index contributed by atoms with van der Waals surface area (Å²) >= 11 is 0. The highest BCUT2D eigenvalue weighted by Gasteiger charge is 2.35. The molecule has 0 unspecified atom stereocenters. The minimum atomic E-state index is -1.60. The van der Waals surface area contributed by atoms with Crippen LogP contribution >= 0.6 is 0 Å². The Hall–Kier alpha value is -9.03. The molecule has 0 aromatic rings. The summed E-state index contributed by atoms with van der Waals surface area (Å²) in [4.78, 5) is 199. The van der Waals surface area contributed by atoms with Crippen LogP contribution in [0.3, 0.4) is 0 Å². The predicted molar refractivity (Wildman–Crippen MR) is 367 cm³/mol. The number of carbonyl (C=O) groups excluding carboxylic acids is 15. The second kappa shape index (κ2) is 44.3. The fourth-order valence-corrected chi connectivity index (χ4v) is 8.37. The van der Waals surface area contributed by atoms with Crippen LogP contribution in [0.15, 0.2) is 0 Å². The molecule has 0 aliphatic rings. The molecule has 0 radical (unpaired) electrons. The number of amides is 15. The Morgan fingerprint density at radius 2 is 0.614 bits per heavy atom. The van der Waals surface area contributed by atoms with Crippen LogP contribution in [0.2, 0.25) is 0 Å². The lowest BCUT2D eigenvalue weighted by molar-refractivity contribution is -0.135. The predicted octanol–water partition coefficient (Wildman–Crippen LogP) is -0.902. The van der Waals surface area contributed by atoms with Crippen molar-refractivity contribution in [3.05, 3.63) is 0 Å². The zero-order valence-corrected chi connectivity index (χ0v) is 62.2. The summed E-state index contributed by atoms with van der Waals surface area (Å²) in [6.07, 6.45) is -6.61. The Morgan fingerprint density at radius 1 is 0.337 bits per heavy atom. The number of nitrogens with one attached hydrogen (secondary N) is 15. The van der Waals surface area contributed by atoms with Crippen molar-refractivity contribution in [2.24, 2.45) is 11.7 Å². The number of nitrogens with two attached hydrogens (primary N) is 1. The SMILES string of the molecule is CCNC(=O)[C@@H](NC(=O)[C@H](CCNC(=O)OC(C)(C)C)NC(=O)[C@H](CCNC(=O)OC(C)(C)C)NC(=O)[C@H](CC(C)C)NC(=O)CNC(=O)[C@H](CCNC(=O)OC(C)(C)C)NC(=O)CNC(=O)[C@H](CCNC(=O)OC(C)(C)C)NC(=O)CNC(=O)[C@@H](N)CCCNC(=O)OC(C)(C)C)[C@H](C)O. The lowest BCUT2D eigenvalue weighted by atomic mass is 10.0. The van der Waals surface area contributed by atoms with Crippen LogP contribution in [0.4, 0.5) is 24.0 Å². The Bertz CT molecular complexity index is 2770. The number of alkyl carbamates (subject to hydrolysis) is 5. The van der Waals surface area contributed by atoms with E-state index in [0.717, 1.165) is 0 Å². The van der Waals surface area contributed by atoms with Gasteiger partial charge >= 0.3 is 30.5 Å². The number of ether oxygens (including phenoxy) is 5. The van der Waals surface area contributed by atoms with Crippen LogP contribution in [-0.4, -0.2) is 230 Å². The first-order valence-corrected chi connectivity index (χ1v) is 33.6. The molecule has 0 bridgehead atoms. The maximum absolute atomic E-state index is 14.4. The molecule has 0 saturated heterocycles. The molecule has 101 heavy (non-hydrogen) atoms. The molecule has 0 aliphatic carbocycles. The molecule has 37 heteroatoms. The van der Waals surface area contributed by atoms with E-state index >= 15 is 0 Å². The van der Waals surface area contributed by atoms with E-state index < -0.39 is 186 Å². The zero-order chi connectivity index (χ0) is 77.8. The third-order valence-corrected chi connectivity index (χ3v) is 12.7. The summed E-state index contributed by atoms with van der Waals surface area (Å²) < 4.78 is 26.3. The van der Waals surface area contributed by atoms with Gasteiger partial charge in [-0.15, -0.1) is 0 Å². The molecule has 0 aromatic heterocycles. The highest BCUT2D eigenvalue weighted by Crippen LogP contribution is 2.13. The smallest absolute Gasteiger partial charge is 0.407 e. The molecule has 0 aromatic carbocycles. The largest absolute Gasteiger partial charge is 0.444 e. The van der Waals surface area contributed by atoms with Crippen LogP contribution in [-0.2, 0) is 71.6 Å². The van der Waals surface area contributed by atoms with E-state index in [0.29, 0.717) is 0 Å². The summed E-state index contributed by atoms with van der Waals surface area (Å²) in [5.74, 6) is -9.60. The van der Waals surface area contributed by atoms with Gasteiger partial charge in [0.1, 0.15) is 64.3 Å². The van der Waals surface area contributed by atoms with Gasteiger partial charge in [0.2, 0.25) is 59.1 Å². The molecule has 0 saturated carbocycles. The number of aliphatic hydroxyl groups excluding tert-OH is 1. The van der Waals surface area contributed by atoms with Crippen LogP contribution < -0.4 is 85.5 Å². The third kappa shape index (κ3) is 46.1. The lowest BCUT2D eigenvalue weighted by Crippen LogP contribution is -2.60. The van der Waals surface area contributed by atoms with Crippen LogP contribution in [0.1, 0.15) is 176 Å². The van der Waals surface area contributed by atoms with Crippen molar-refractivity contribution >= 4 is 89.5 Å². The average Bonchev–Trinajstić information content (AvgIpc) is 0.861. The van der Waals surface area contributed by atoms with Crippen molar-refractivity contribution in [3.63, 3.8) is 0 Å². The van der Waals surface area contributed by atoms with Gasteiger partial charge in [-0.2, -0.15) is 0 Å². The van der Waals surface area contributed by atoms with E-state index in [4.69, 9.17) is 29.4 Å². The fraction of sp³-hybridized carbons (Fsp3) is 0.766. The molecule has 578 valence electrons. The van der Waals surface area contributed by atoms with Crippen molar-refractivity contribution in [2.45, 2.75) is 253 Å². The van der Waals surface area contributed by atoms with Gasteiger partial charge in [-0.3, -0.25) is 47.9 Å². The van der Waals surface area contributed by atoms with Gasteiger partial charge in [-0.25, -0.2) is 24.0 Å². The van der Waals surface area contributed by atoms with Crippen molar-refractivity contribution in [3.8, 4) is 0 Å². The number of hydrogen-bond acceptors (Lipinski definition) is 22. The minimum absolute atomic E-state index is 0.0754. The van der Waals surface area contributed by atoms with Gasteiger partial charge in [-0.1, -0.05) is 13.8 Å². The first kappa shape index (κ1) is 92.0. The zero-order valence-electron chi connectivity index (χ0n) is 62.2. The van der Waals surface area contributed by atoms with E-state index in [1.165, 1.54) is 6.92 Å². The Kier molecular flexibility index (Phi) is 40.3. The van der Waals surface area contributed by atoms with Crippen LogP contribution in [0.5, 0.6) is 0 Å². The number of hydrogen-bond donors (Lipinski definition) is 17. The van der Waals surface area contributed by atoms with E-state index in [1.54, 1.807) is 125 Å². The average molecular weight is 1450 g/mol. The molecular weight excluding hydrogens is 1330 g/mol. The number of rotatable bonds is 39. The second-order valence-electron chi connectivity index (χ2n) is 28.9. The van der Waals surface area contributed by atoms with Crippen molar-refractivity contribution in [1.82, 2.24) is 79.8 Å². The normalized spacial score (nSPS) is 14.0. The second-order valence-corrected chi connectivity index (χ2v) is 28.9. The molecule has 0 heterocycles. The first-order chi connectivity index (χ1) is 46.4. The van der Waals surface area contributed by atoms with Gasteiger partial charge in [0.15, 0.2) is 0 Å². The maximum Gasteiger partial charge on any atom is 0.407 e. The summed E-state index contributed by atoms with van der Waals surface area (Å²) in [7, 11) is 0. The molecule has 8 atom stereocenters. The van der Waals surface area contributed by atoms with E-state index in [-0.39, 0.29) is 90.1 Å². The van der Waals surface area contributed by atoms with Gasteiger partial charge < -0.3 is 114 Å². The van der Waals surface area contributed by atoms with Gasteiger partial charge in [0.05, 0.1) is 31.8 Å². The maximum atomic E-state index is 14.4. The molecule has 0 rings (SSSR count). The third-order valence-electron chi connectivity index (χ3n) is 12.7. The topological polar surface area (TPSA) is 529 Å². The standard InChI is InChI=1S/C64H116N16O21/c1-20-66-54(91)47(37(4)81)80-52(89)42(26-31-71-59(96)101-64(17,18)19)78-51(88)41(25-30-70-58(95)100-63(14,15)16)79-53(90)43(32-36(2)3)77-46(84)35-74-50(87)40(24-29-69-57(94)99-62(11,12)13)76-45(83)34-73-49(86)39(23-28-68-56(93)98-61(8,9)10)75-44(82)33-72-48(85)38(65)22-21-27-67-55(92)97-60(5,6)7/h36-43,47,81H,20-35,65H2,1-19H3,(H,66,91)(H,67,92)(H,68,93)(H,69,94)(H,70,95)(H,71,96)(H,72,85)(H,73,86)(H,74,87)(H,75,82)(H,76,83)(H,77,84)(H,78,88)(H,79,90)(H,80,89)/t37-,38-,39-,40-,41-,42-,43-,47-/m0/s1. The summed E-state index contributed by atoms with van der Waals surface area (Å²) in [6, 6.07) is -10.2. The molecular formula is C64H116N16O21. The Morgan fingerprint density at radius 3 is 0.911 bits per heavy atom. The molecule has 0 fully saturated rings. The quantitative estimate of drug-likeness (QED) is 0.0262. The molecule has 0 aliphatic heterocycles. The highest BCUT2D eigenvalue weighted by atomic mass is 16.6. The van der Waals surface area contributed by atoms with E-state index in [1.807, 2.05) is 0 Å². The molecule has 0 spiro atoms. The van der Waals surface area contributed by atoms with Crippen molar-refractivity contribution < 1.29 is 101 Å². The van der Waals surface area contributed by atoms with Gasteiger partial charge in [0, 0.05) is 39.3 Å². The van der Waals surface area contributed by atoms with Crippen LogP contribution in [0, 0.1) is 5.92 Å². The van der Waals surface area contributed by atoms with E-state index in [2.05, 4.69) is 79.8 Å². The molecule has 15 amide bonds. The number of likely N-dealkylation sites (N-methyl/N-ethyl adjacent to an activating group) is 1. The Balaban J connectivity index is 6.81.